The Kier molecular flexibility index (Phi) is 5.50. The van der Waals surface area contributed by atoms with E-state index in [1.54, 1.807) is 32.4 Å². The summed E-state index contributed by atoms with van der Waals surface area (Å²) in [7, 11) is 3.11. The Labute approximate surface area is 165 Å². The topological polar surface area (TPSA) is 60.0 Å². The minimum Gasteiger partial charge on any atom is -0.493 e. The number of morpholine rings is 1. The van der Waals surface area contributed by atoms with Gasteiger partial charge in [-0.05, 0) is 24.1 Å². The summed E-state index contributed by atoms with van der Waals surface area (Å²) >= 11 is 0. The van der Waals surface area contributed by atoms with Gasteiger partial charge in [0, 0.05) is 25.2 Å². The van der Waals surface area contributed by atoms with Crippen LogP contribution < -0.4 is 14.8 Å². The zero-order chi connectivity index (χ0) is 19.5. The van der Waals surface area contributed by atoms with Crippen molar-refractivity contribution in [1.29, 1.82) is 0 Å². The summed E-state index contributed by atoms with van der Waals surface area (Å²) in [5, 5.41) is 3.16. The molecule has 148 valence electrons. The number of hydrogen-bond donors (Lipinski definition) is 1. The molecule has 1 N–H and O–H groups in total. The maximum atomic E-state index is 12.8. The third-order valence-electron chi connectivity index (χ3n) is 5.57. The van der Waals surface area contributed by atoms with Crippen LogP contribution in [0.4, 0.5) is 0 Å². The predicted molar refractivity (Wildman–Crippen MR) is 106 cm³/mol. The van der Waals surface area contributed by atoms with E-state index in [1.165, 1.54) is 5.56 Å². The van der Waals surface area contributed by atoms with E-state index in [1.807, 2.05) is 18.2 Å². The van der Waals surface area contributed by atoms with Gasteiger partial charge in [-0.1, -0.05) is 36.4 Å². The summed E-state index contributed by atoms with van der Waals surface area (Å²) in [4.78, 5) is 15.3. The number of ether oxygens (including phenoxy) is 3. The first kappa shape index (κ1) is 18.8. The molecule has 4 rings (SSSR count). The highest BCUT2D eigenvalue weighted by atomic mass is 16.5. The van der Waals surface area contributed by atoms with E-state index in [-0.39, 0.29) is 18.1 Å². The number of benzene rings is 2. The van der Waals surface area contributed by atoms with E-state index >= 15 is 0 Å². The number of fused-ring (bicyclic) bond motifs is 1. The lowest BCUT2D eigenvalue weighted by Crippen LogP contribution is -2.43. The van der Waals surface area contributed by atoms with Crippen LogP contribution in [0.15, 0.2) is 48.5 Å². The van der Waals surface area contributed by atoms with Crippen LogP contribution in [0.25, 0.3) is 0 Å². The summed E-state index contributed by atoms with van der Waals surface area (Å²) in [6.07, 6.45) is 0.977. The zero-order valence-corrected chi connectivity index (χ0v) is 16.3. The molecule has 0 spiro atoms. The number of hydrogen-bond acceptors (Lipinski definition) is 5. The molecule has 2 aliphatic heterocycles. The molecule has 0 aliphatic carbocycles. The largest absolute Gasteiger partial charge is 0.493 e. The second-order valence-electron chi connectivity index (χ2n) is 7.29. The van der Waals surface area contributed by atoms with Gasteiger partial charge < -0.3 is 19.5 Å². The van der Waals surface area contributed by atoms with Gasteiger partial charge in [0.05, 0.1) is 32.5 Å². The Bertz CT molecular complexity index is 827. The number of methoxy groups -OCH3 is 2. The van der Waals surface area contributed by atoms with Gasteiger partial charge in [-0.2, -0.15) is 0 Å². The molecular formula is C22H26N2O4. The van der Waals surface area contributed by atoms with Crippen LogP contribution in [0, 0.1) is 0 Å². The normalized spacial score (nSPS) is 24.4. The van der Waals surface area contributed by atoms with Gasteiger partial charge in [0.15, 0.2) is 11.5 Å². The number of carbonyl (C=O) groups excluding carboxylic acids is 1. The van der Waals surface area contributed by atoms with E-state index in [0.29, 0.717) is 29.7 Å². The van der Waals surface area contributed by atoms with E-state index in [2.05, 4.69) is 22.3 Å². The van der Waals surface area contributed by atoms with Crippen LogP contribution in [-0.4, -0.2) is 56.8 Å². The van der Waals surface area contributed by atoms with Crippen LogP contribution in [0.2, 0.25) is 0 Å². The number of para-hydroxylation sites is 1. The fourth-order valence-corrected chi connectivity index (χ4v) is 4.18. The molecule has 2 aromatic carbocycles. The first-order valence-corrected chi connectivity index (χ1v) is 9.62. The van der Waals surface area contributed by atoms with Gasteiger partial charge in [-0.25, -0.2) is 0 Å². The van der Waals surface area contributed by atoms with Crippen molar-refractivity contribution in [3.05, 3.63) is 59.7 Å². The van der Waals surface area contributed by atoms with Gasteiger partial charge >= 0.3 is 0 Å². The molecular weight excluding hydrogens is 356 g/mol. The van der Waals surface area contributed by atoms with Crippen molar-refractivity contribution in [2.75, 3.05) is 33.9 Å². The molecule has 2 aliphatic rings. The average Bonchev–Trinajstić information content (AvgIpc) is 3.14. The highest BCUT2D eigenvalue weighted by Crippen LogP contribution is 2.32. The fraction of sp³-hybridized carbons (Fsp3) is 0.409. The van der Waals surface area contributed by atoms with Crippen molar-refractivity contribution < 1.29 is 19.0 Å². The van der Waals surface area contributed by atoms with Crippen molar-refractivity contribution in [2.24, 2.45) is 0 Å². The van der Waals surface area contributed by atoms with Crippen LogP contribution >= 0.6 is 0 Å². The molecule has 0 saturated carbocycles. The number of nitrogens with one attached hydrogen (secondary N) is 1. The van der Waals surface area contributed by atoms with Crippen LogP contribution in [-0.2, 0) is 4.74 Å². The second kappa shape index (κ2) is 8.20. The molecule has 6 heteroatoms. The number of amides is 1. The summed E-state index contributed by atoms with van der Waals surface area (Å²) < 4.78 is 16.8. The van der Waals surface area contributed by atoms with E-state index in [9.17, 15) is 4.79 Å². The molecule has 0 aromatic heterocycles. The Balaban J connectivity index is 1.41. The molecule has 2 aromatic rings. The standard InChI is InChI=1S/C22H26N2O4/c1-26-19-10-6-9-18(21(19)27-2)22(25)23-16-11-17-14-28-20(13-24(17)12-16)15-7-4-3-5-8-15/h3-10,16-17,20H,11-14H2,1-2H3,(H,23,25)/t16-,17+,20-/m1/s1. The first-order valence-electron chi connectivity index (χ1n) is 9.62. The van der Waals surface area contributed by atoms with Crippen LogP contribution in [0.1, 0.15) is 28.4 Å². The van der Waals surface area contributed by atoms with Crippen LogP contribution in [0.3, 0.4) is 0 Å². The first-order chi connectivity index (χ1) is 13.7. The quantitative estimate of drug-likeness (QED) is 0.862. The fourth-order valence-electron chi connectivity index (χ4n) is 4.18. The molecule has 2 fully saturated rings. The second-order valence-corrected chi connectivity index (χ2v) is 7.29. The minimum absolute atomic E-state index is 0.0883. The SMILES string of the molecule is COc1cccc(C(=O)N[C@@H]2C[C@H]3CO[C@@H](c4ccccc4)CN3C2)c1OC. The predicted octanol–water partition coefficient (Wildman–Crippen LogP) is 2.65. The minimum atomic E-state index is -0.138. The summed E-state index contributed by atoms with van der Waals surface area (Å²) in [6, 6.07) is 16.1. The lowest BCUT2D eigenvalue weighted by Gasteiger charge is -2.35. The highest BCUT2D eigenvalue weighted by molar-refractivity contribution is 5.98. The maximum absolute atomic E-state index is 12.8. The Hall–Kier alpha value is -2.57. The third-order valence-corrected chi connectivity index (χ3v) is 5.57. The van der Waals surface area contributed by atoms with E-state index < -0.39 is 0 Å². The Morgan fingerprint density at radius 2 is 1.89 bits per heavy atom. The smallest absolute Gasteiger partial charge is 0.255 e. The van der Waals surface area contributed by atoms with Gasteiger partial charge in [0.1, 0.15) is 0 Å². The van der Waals surface area contributed by atoms with Crippen molar-refractivity contribution in [2.45, 2.75) is 24.6 Å². The van der Waals surface area contributed by atoms with Crippen LogP contribution in [0.5, 0.6) is 11.5 Å². The number of nitrogens with zero attached hydrogens (tertiary/aromatic N) is 1. The zero-order valence-electron chi connectivity index (χ0n) is 16.3. The molecule has 2 heterocycles. The molecule has 6 nitrogen and oxygen atoms in total. The summed E-state index contributed by atoms with van der Waals surface area (Å²) in [5.41, 5.74) is 1.69. The third kappa shape index (κ3) is 3.70. The average molecular weight is 382 g/mol. The van der Waals surface area contributed by atoms with Gasteiger partial charge in [-0.3, -0.25) is 9.69 Å². The van der Waals surface area contributed by atoms with Crippen molar-refractivity contribution in [1.82, 2.24) is 10.2 Å². The molecule has 2 saturated heterocycles. The number of carbonyl (C=O) groups is 1. The molecule has 0 radical (unpaired) electrons. The maximum Gasteiger partial charge on any atom is 0.255 e. The highest BCUT2D eigenvalue weighted by Gasteiger charge is 2.38. The molecule has 3 atom stereocenters. The Morgan fingerprint density at radius 3 is 2.64 bits per heavy atom. The van der Waals surface area contributed by atoms with E-state index in [4.69, 9.17) is 14.2 Å². The van der Waals surface area contributed by atoms with Crippen molar-refractivity contribution >= 4 is 5.91 Å². The van der Waals surface area contributed by atoms with E-state index in [0.717, 1.165) is 19.5 Å². The van der Waals surface area contributed by atoms with Crippen molar-refractivity contribution in [3.63, 3.8) is 0 Å². The summed E-state index contributed by atoms with van der Waals surface area (Å²) in [5.74, 6) is 0.880. The molecule has 1 amide bonds. The van der Waals surface area contributed by atoms with Gasteiger partial charge in [-0.15, -0.1) is 0 Å². The summed E-state index contributed by atoms with van der Waals surface area (Å²) in [6.45, 7) is 2.37. The molecule has 0 bridgehead atoms. The lowest BCUT2D eigenvalue weighted by molar-refractivity contribution is -0.0502. The van der Waals surface area contributed by atoms with Gasteiger partial charge in [0.2, 0.25) is 0 Å². The Morgan fingerprint density at radius 1 is 1.07 bits per heavy atom. The van der Waals surface area contributed by atoms with Crippen molar-refractivity contribution in [3.8, 4) is 11.5 Å². The molecule has 0 unspecified atom stereocenters. The number of rotatable bonds is 5. The lowest BCUT2D eigenvalue weighted by atomic mass is 10.1. The molecule has 28 heavy (non-hydrogen) atoms. The van der Waals surface area contributed by atoms with Gasteiger partial charge in [0.25, 0.3) is 5.91 Å². The monoisotopic (exact) mass is 382 g/mol.